The monoisotopic (exact) mass is 492 g/mol. The van der Waals surface area contributed by atoms with Gasteiger partial charge < -0.3 is 10.6 Å². The fourth-order valence-corrected chi connectivity index (χ4v) is 5.98. The molecule has 1 aromatic rings. The Morgan fingerprint density at radius 2 is 1.85 bits per heavy atom. The number of rotatable bonds is 7. The Hall–Kier alpha value is -2.46. The van der Waals surface area contributed by atoms with E-state index in [0.29, 0.717) is 24.3 Å². The van der Waals surface area contributed by atoms with E-state index in [0.717, 1.165) is 28.5 Å². The molecule has 4 amide bonds. The van der Waals surface area contributed by atoms with Gasteiger partial charge in [-0.1, -0.05) is 33.3 Å². The van der Waals surface area contributed by atoms with Gasteiger partial charge in [-0.3, -0.25) is 14.5 Å². The molecule has 10 heteroatoms. The third kappa shape index (κ3) is 4.84. The molecule has 1 spiro atoms. The van der Waals surface area contributed by atoms with Crippen molar-refractivity contribution in [1.82, 2.24) is 14.5 Å². The number of carbonyl (C=O) groups is 3. The maximum Gasteiger partial charge on any atom is 0.325 e. The minimum atomic E-state index is -3.69. The first-order chi connectivity index (χ1) is 15.7. The molecule has 1 aromatic carbocycles. The van der Waals surface area contributed by atoms with E-state index in [9.17, 15) is 22.8 Å². The summed E-state index contributed by atoms with van der Waals surface area (Å²) in [6.45, 7) is 7.88. The van der Waals surface area contributed by atoms with Crippen LogP contribution in [-0.2, 0) is 19.6 Å². The van der Waals surface area contributed by atoms with Gasteiger partial charge in [-0.15, -0.1) is 0 Å². The number of hydrogen-bond acceptors (Lipinski definition) is 5. The van der Waals surface area contributed by atoms with Crippen LogP contribution < -0.4 is 10.6 Å². The van der Waals surface area contributed by atoms with Crippen molar-refractivity contribution in [3.05, 3.63) is 23.8 Å². The molecule has 0 aromatic heterocycles. The molecule has 1 aliphatic carbocycles. The van der Waals surface area contributed by atoms with Crippen LogP contribution in [0.15, 0.2) is 23.1 Å². The Balaban J connectivity index is 1.69. The molecule has 1 saturated heterocycles. The van der Waals surface area contributed by atoms with E-state index < -0.39 is 34.0 Å². The second-order valence-corrected chi connectivity index (χ2v) is 12.5. The number of aryl methyl sites for hydroxylation is 1. The minimum Gasteiger partial charge on any atom is -0.324 e. The third-order valence-corrected chi connectivity index (χ3v) is 9.59. The lowest BCUT2D eigenvalue weighted by atomic mass is 9.65. The molecular formula is C24H36N4O5S. The summed E-state index contributed by atoms with van der Waals surface area (Å²) in [7, 11) is -0.819. The van der Waals surface area contributed by atoms with Crippen LogP contribution in [0, 0.1) is 18.3 Å². The highest BCUT2D eigenvalue weighted by molar-refractivity contribution is 7.89. The molecule has 0 unspecified atom stereocenters. The van der Waals surface area contributed by atoms with Crippen LogP contribution in [0.1, 0.15) is 58.4 Å². The number of sulfonamides is 1. The molecule has 2 N–H and O–H groups in total. The van der Waals surface area contributed by atoms with E-state index in [-0.39, 0.29) is 21.9 Å². The van der Waals surface area contributed by atoms with Crippen molar-refractivity contribution in [1.29, 1.82) is 0 Å². The van der Waals surface area contributed by atoms with Crippen LogP contribution in [-0.4, -0.2) is 61.6 Å². The number of hydrogen-bond donors (Lipinski definition) is 2. The summed E-state index contributed by atoms with van der Waals surface area (Å²) in [5, 5.41) is 5.47. The van der Waals surface area contributed by atoms with Crippen molar-refractivity contribution in [3.8, 4) is 0 Å². The lowest BCUT2D eigenvalue weighted by Gasteiger charge is -2.42. The van der Waals surface area contributed by atoms with Crippen molar-refractivity contribution in [2.75, 3.05) is 26.0 Å². The lowest BCUT2D eigenvalue weighted by Crippen LogP contribution is -2.51. The number of nitrogens with one attached hydrogen (secondary N) is 2. The smallest absolute Gasteiger partial charge is 0.324 e. The molecule has 0 radical (unpaired) electrons. The molecule has 2 aliphatic rings. The van der Waals surface area contributed by atoms with Gasteiger partial charge in [0.25, 0.3) is 5.91 Å². The van der Waals surface area contributed by atoms with Crippen LogP contribution in [0.25, 0.3) is 0 Å². The van der Waals surface area contributed by atoms with Gasteiger partial charge >= 0.3 is 6.03 Å². The molecule has 9 nitrogen and oxygen atoms in total. The second-order valence-electron chi connectivity index (χ2n) is 10.3. The first-order valence-electron chi connectivity index (χ1n) is 11.7. The average Bonchev–Trinajstić information content (AvgIpc) is 2.99. The Bertz CT molecular complexity index is 1090. The number of benzene rings is 1. The highest BCUT2D eigenvalue weighted by Gasteiger charge is 2.53. The number of carbonyl (C=O) groups excluding carboxylic acids is 3. The van der Waals surface area contributed by atoms with Crippen molar-refractivity contribution in [3.63, 3.8) is 0 Å². The normalized spacial score (nSPS) is 23.5. The van der Waals surface area contributed by atoms with Crippen LogP contribution in [0.5, 0.6) is 0 Å². The van der Waals surface area contributed by atoms with Gasteiger partial charge in [0, 0.05) is 19.8 Å². The predicted molar refractivity (Wildman–Crippen MR) is 130 cm³/mol. The highest BCUT2D eigenvalue weighted by Crippen LogP contribution is 2.45. The summed E-state index contributed by atoms with van der Waals surface area (Å²) in [4.78, 5) is 39.5. The molecule has 2 fully saturated rings. The molecule has 1 aliphatic heterocycles. The Labute approximate surface area is 202 Å². The average molecular weight is 493 g/mol. The Morgan fingerprint density at radius 3 is 2.41 bits per heavy atom. The van der Waals surface area contributed by atoms with Gasteiger partial charge in [0.1, 0.15) is 12.1 Å². The maximum absolute atomic E-state index is 13.2. The van der Waals surface area contributed by atoms with E-state index in [1.54, 1.807) is 19.1 Å². The largest absolute Gasteiger partial charge is 0.325 e. The number of urea groups is 1. The van der Waals surface area contributed by atoms with Gasteiger partial charge in [0.15, 0.2) is 0 Å². The van der Waals surface area contributed by atoms with E-state index in [2.05, 4.69) is 31.4 Å². The maximum atomic E-state index is 13.2. The lowest BCUT2D eigenvalue weighted by molar-refractivity contribution is -0.135. The number of amides is 4. The predicted octanol–water partition coefficient (Wildman–Crippen LogP) is 3.10. The molecule has 0 atom stereocenters. The molecule has 188 valence electrons. The molecule has 34 heavy (non-hydrogen) atoms. The van der Waals surface area contributed by atoms with Gasteiger partial charge in [0.2, 0.25) is 15.9 Å². The van der Waals surface area contributed by atoms with Crippen molar-refractivity contribution in [2.24, 2.45) is 11.3 Å². The summed E-state index contributed by atoms with van der Waals surface area (Å²) in [6, 6.07) is 4.01. The zero-order valence-corrected chi connectivity index (χ0v) is 21.7. The summed E-state index contributed by atoms with van der Waals surface area (Å²) >= 11 is 0. The van der Waals surface area contributed by atoms with Gasteiger partial charge in [0.05, 0.1) is 4.90 Å². The van der Waals surface area contributed by atoms with Crippen molar-refractivity contribution >= 4 is 33.6 Å². The Morgan fingerprint density at radius 1 is 1.24 bits per heavy atom. The summed E-state index contributed by atoms with van der Waals surface area (Å²) < 4.78 is 26.2. The standard InChI is InChI=1S/C24H36N4O5S/c1-7-23(3,4)17-10-12-24(13-11-17)21(30)28(22(31)26-24)15-20(29)25-18-9-8-16(2)19(14-18)34(32,33)27(5)6/h8-9,14,17H,7,10-13,15H2,1-6H3,(H,25,29)(H,26,31). The van der Waals surface area contributed by atoms with Crippen LogP contribution in [0.2, 0.25) is 0 Å². The topological polar surface area (TPSA) is 116 Å². The SMILES string of the molecule is CCC(C)(C)C1CCC2(CC1)NC(=O)N(CC(=O)Nc1ccc(C)c(S(=O)(=O)N(C)C)c1)C2=O. The third-order valence-electron chi connectivity index (χ3n) is 7.63. The second kappa shape index (κ2) is 9.30. The van der Waals surface area contributed by atoms with E-state index in [4.69, 9.17) is 0 Å². The first kappa shape index (κ1) is 26.2. The molecule has 0 bridgehead atoms. The van der Waals surface area contributed by atoms with E-state index in [1.165, 1.54) is 20.2 Å². The summed E-state index contributed by atoms with van der Waals surface area (Å²) in [5.41, 5.74) is 0.0681. The van der Waals surface area contributed by atoms with Crippen LogP contribution in [0.3, 0.4) is 0 Å². The number of nitrogens with zero attached hydrogens (tertiary/aromatic N) is 2. The fraction of sp³-hybridized carbons (Fsp3) is 0.625. The molecule has 1 heterocycles. The first-order valence-corrected chi connectivity index (χ1v) is 13.1. The quantitative estimate of drug-likeness (QED) is 0.568. The van der Waals surface area contributed by atoms with E-state index in [1.807, 2.05) is 0 Å². The molecule has 1 saturated carbocycles. The number of imide groups is 1. The summed E-state index contributed by atoms with van der Waals surface area (Å²) in [5.74, 6) is -0.446. The van der Waals surface area contributed by atoms with Gasteiger partial charge in [-0.05, 0) is 61.6 Å². The van der Waals surface area contributed by atoms with Crippen molar-refractivity contribution < 1.29 is 22.8 Å². The van der Waals surface area contributed by atoms with E-state index >= 15 is 0 Å². The Kier molecular flexibility index (Phi) is 7.15. The fourth-order valence-electron chi connectivity index (χ4n) is 4.84. The van der Waals surface area contributed by atoms with Gasteiger partial charge in [-0.2, -0.15) is 0 Å². The molecular weight excluding hydrogens is 456 g/mol. The highest BCUT2D eigenvalue weighted by atomic mass is 32.2. The molecule has 3 rings (SSSR count). The minimum absolute atomic E-state index is 0.0796. The summed E-state index contributed by atoms with van der Waals surface area (Å²) in [6.07, 6.45) is 3.87. The van der Waals surface area contributed by atoms with Crippen molar-refractivity contribution in [2.45, 2.75) is 70.2 Å². The zero-order chi connectivity index (χ0) is 25.5. The van der Waals surface area contributed by atoms with Gasteiger partial charge in [-0.25, -0.2) is 17.5 Å². The number of anilines is 1. The zero-order valence-electron chi connectivity index (χ0n) is 20.9. The van der Waals surface area contributed by atoms with Crippen LogP contribution in [0.4, 0.5) is 10.5 Å². The van der Waals surface area contributed by atoms with Crippen LogP contribution >= 0.6 is 0 Å².